The zero-order chi connectivity index (χ0) is 13.2. The first-order chi connectivity index (χ1) is 8.47. The minimum Gasteiger partial charge on any atom is -0.257 e. The summed E-state index contributed by atoms with van der Waals surface area (Å²) in [6, 6.07) is 5.44. The monoisotopic (exact) mass is 303 g/mol. The van der Waals surface area contributed by atoms with Crippen molar-refractivity contribution in [1.29, 1.82) is 0 Å². The Labute approximate surface area is 114 Å². The van der Waals surface area contributed by atoms with E-state index in [9.17, 15) is 8.42 Å². The lowest BCUT2D eigenvalue weighted by Gasteiger charge is -2.04. The van der Waals surface area contributed by atoms with Gasteiger partial charge in [0.1, 0.15) is 0 Å². The zero-order valence-electron chi connectivity index (χ0n) is 9.42. The molecule has 2 aromatic heterocycles. The van der Waals surface area contributed by atoms with Crippen LogP contribution in [0.25, 0.3) is 0 Å². The number of hydrogen-bond acceptors (Lipinski definition) is 5. The molecule has 8 heteroatoms. The van der Waals surface area contributed by atoms with Gasteiger partial charge in [0, 0.05) is 5.69 Å². The van der Waals surface area contributed by atoms with Crippen LogP contribution in [0.5, 0.6) is 0 Å². The van der Waals surface area contributed by atoms with E-state index in [1.54, 1.807) is 6.07 Å². The number of thiazole rings is 1. The second kappa shape index (κ2) is 5.31. The van der Waals surface area contributed by atoms with Gasteiger partial charge in [0.2, 0.25) is 0 Å². The van der Waals surface area contributed by atoms with Gasteiger partial charge in [-0.15, -0.1) is 0 Å². The Hall–Kier alpha value is -1.02. The van der Waals surface area contributed by atoms with Gasteiger partial charge in [-0.25, -0.2) is 18.1 Å². The maximum Gasteiger partial charge on any atom is 0.252 e. The summed E-state index contributed by atoms with van der Waals surface area (Å²) >= 11 is 6.52. The van der Waals surface area contributed by atoms with Gasteiger partial charge in [0.25, 0.3) is 10.0 Å². The fourth-order valence-electron chi connectivity index (χ4n) is 1.30. The van der Waals surface area contributed by atoms with Crippen LogP contribution in [-0.4, -0.2) is 18.4 Å². The molecule has 0 aliphatic rings. The molecule has 0 unspecified atom stereocenters. The van der Waals surface area contributed by atoms with Crippen LogP contribution in [-0.2, 0) is 16.6 Å². The van der Waals surface area contributed by atoms with E-state index in [0.29, 0.717) is 5.69 Å². The molecule has 1 N–H and O–H groups in total. The Morgan fingerprint density at radius 1 is 1.44 bits per heavy atom. The molecular formula is C10H10ClN3O2S2. The quantitative estimate of drug-likeness (QED) is 0.937. The fourth-order valence-corrected chi connectivity index (χ4v) is 3.64. The number of aromatic nitrogens is 2. The maximum atomic E-state index is 11.9. The molecule has 0 aromatic carbocycles. The van der Waals surface area contributed by atoms with Crippen molar-refractivity contribution in [3.8, 4) is 0 Å². The highest BCUT2D eigenvalue weighted by molar-refractivity contribution is 7.91. The van der Waals surface area contributed by atoms with Crippen molar-refractivity contribution in [2.75, 3.05) is 0 Å². The lowest BCUT2D eigenvalue weighted by atomic mass is 10.3. The number of hydrogen-bond donors (Lipinski definition) is 1. The molecule has 0 bridgehead atoms. The minimum absolute atomic E-state index is 0.0974. The van der Waals surface area contributed by atoms with Crippen LogP contribution in [0.1, 0.15) is 11.4 Å². The molecule has 2 rings (SSSR count). The smallest absolute Gasteiger partial charge is 0.252 e. The van der Waals surface area contributed by atoms with E-state index in [0.717, 1.165) is 17.0 Å². The molecule has 5 nitrogen and oxygen atoms in total. The molecule has 0 saturated carbocycles. The molecule has 2 heterocycles. The largest absolute Gasteiger partial charge is 0.257 e. The highest BCUT2D eigenvalue weighted by atomic mass is 35.5. The molecule has 0 aliphatic heterocycles. The predicted octanol–water partition coefficient (Wildman–Crippen LogP) is 1.98. The van der Waals surface area contributed by atoms with Crippen molar-refractivity contribution in [1.82, 2.24) is 14.7 Å². The maximum absolute atomic E-state index is 11.9. The van der Waals surface area contributed by atoms with Gasteiger partial charge in [-0.1, -0.05) is 29.0 Å². The summed E-state index contributed by atoms with van der Waals surface area (Å²) in [5.74, 6) is 0. The molecule has 2 aromatic rings. The number of sulfonamides is 1. The average Bonchev–Trinajstić information content (AvgIpc) is 2.74. The number of aryl methyl sites for hydroxylation is 1. The molecule has 96 valence electrons. The van der Waals surface area contributed by atoms with Crippen LogP contribution in [0.4, 0.5) is 0 Å². The van der Waals surface area contributed by atoms with E-state index in [1.807, 2.05) is 19.1 Å². The number of nitrogens with one attached hydrogen (secondary N) is 1. The third kappa shape index (κ3) is 3.26. The van der Waals surface area contributed by atoms with E-state index in [4.69, 9.17) is 11.6 Å². The van der Waals surface area contributed by atoms with Crippen LogP contribution in [0, 0.1) is 6.92 Å². The Balaban J connectivity index is 2.10. The first-order valence-corrected chi connectivity index (χ1v) is 7.69. The number of rotatable bonds is 4. The van der Waals surface area contributed by atoms with E-state index in [2.05, 4.69) is 14.7 Å². The lowest BCUT2D eigenvalue weighted by Crippen LogP contribution is -2.23. The summed E-state index contributed by atoms with van der Waals surface area (Å²) in [4.78, 5) is 7.91. The zero-order valence-corrected chi connectivity index (χ0v) is 11.8. The highest BCUT2D eigenvalue weighted by Gasteiger charge is 2.17. The predicted molar refractivity (Wildman–Crippen MR) is 70.1 cm³/mol. The second-order valence-electron chi connectivity index (χ2n) is 3.53. The molecular weight excluding hydrogens is 294 g/mol. The van der Waals surface area contributed by atoms with Crippen molar-refractivity contribution < 1.29 is 8.42 Å². The SMILES string of the molecule is Cc1cccc(CNS(=O)(=O)c2cnc(Cl)s2)n1. The molecule has 18 heavy (non-hydrogen) atoms. The summed E-state index contributed by atoms with van der Waals surface area (Å²) in [7, 11) is -3.57. The van der Waals surface area contributed by atoms with Gasteiger partial charge < -0.3 is 0 Å². The fraction of sp³-hybridized carbons (Fsp3) is 0.200. The van der Waals surface area contributed by atoms with Gasteiger partial charge in [0.15, 0.2) is 8.68 Å². The normalized spacial score (nSPS) is 11.7. The van der Waals surface area contributed by atoms with Crippen molar-refractivity contribution in [2.24, 2.45) is 0 Å². The molecule has 0 amide bonds. The first-order valence-electron chi connectivity index (χ1n) is 5.01. The lowest BCUT2D eigenvalue weighted by molar-refractivity contribution is 0.582. The highest BCUT2D eigenvalue weighted by Crippen LogP contribution is 2.22. The standard InChI is InChI=1S/C10H10ClN3O2S2/c1-7-3-2-4-8(14-7)5-13-18(15,16)9-6-12-10(11)17-9/h2-4,6,13H,5H2,1H3. The third-order valence-corrected chi connectivity index (χ3v) is 5.09. The molecule has 0 fully saturated rings. The van der Waals surface area contributed by atoms with Gasteiger partial charge in [-0.2, -0.15) is 0 Å². The minimum atomic E-state index is -3.57. The summed E-state index contributed by atoms with van der Waals surface area (Å²) in [5.41, 5.74) is 1.50. The van der Waals surface area contributed by atoms with E-state index in [1.165, 1.54) is 6.20 Å². The Morgan fingerprint density at radius 3 is 2.83 bits per heavy atom. The third-order valence-electron chi connectivity index (χ3n) is 2.11. The van der Waals surface area contributed by atoms with E-state index >= 15 is 0 Å². The van der Waals surface area contributed by atoms with Crippen molar-refractivity contribution in [2.45, 2.75) is 17.7 Å². The van der Waals surface area contributed by atoms with Crippen molar-refractivity contribution in [3.63, 3.8) is 0 Å². The molecule has 0 spiro atoms. The molecule has 0 radical (unpaired) electrons. The van der Waals surface area contributed by atoms with Crippen molar-refractivity contribution in [3.05, 3.63) is 40.3 Å². The van der Waals surface area contributed by atoms with Gasteiger partial charge in [-0.05, 0) is 19.1 Å². The van der Waals surface area contributed by atoms with Gasteiger partial charge >= 0.3 is 0 Å². The number of nitrogens with zero attached hydrogens (tertiary/aromatic N) is 2. The summed E-state index contributed by atoms with van der Waals surface area (Å²) in [6.45, 7) is 1.99. The summed E-state index contributed by atoms with van der Waals surface area (Å²) < 4.78 is 26.5. The molecule has 0 saturated heterocycles. The van der Waals surface area contributed by atoms with Crippen LogP contribution in [0.15, 0.2) is 28.6 Å². The van der Waals surface area contributed by atoms with Crippen LogP contribution < -0.4 is 4.72 Å². The van der Waals surface area contributed by atoms with Crippen molar-refractivity contribution >= 4 is 33.0 Å². The van der Waals surface area contributed by atoms with Gasteiger partial charge in [-0.3, -0.25) is 4.98 Å². The van der Waals surface area contributed by atoms with E-state index in [-0.39, 0.29) is 15.2 Å². The first kappa shape index (κ1) is 13.4. The van der Waals surface area contributed by atoms with E-state index < -0.39 is 10.0 Å². The van der Waals surface area contributed by atoms with Crippen LogP contribution >= 0.6 is 22.9 Å². The second-order valence-corrected chi connectivity index (χ2v) is 7.13. The Bertz CT molecular complexity index is 655. The van der Waals surface area contributed by atoms with Gasteiger partial charge in [0.05, 0.1) is 18.4 Å². The van der Waals surface area contributed by atoms with Crippen LogP contribution in [0.2, 0.25) is 4.47 Å². The summed E-state index contributed by atoms with van der Waals surface area (Å²) in [5, 5.41) is 0. The number of halogens is 1. The molecule has 0 atom stereocenters. The Kier molecular flexibility index (Phi) is 3.96. The van der Waals surface area contributed by atoms with Crippen LogP contribution in [0.3, 0.4) is 0 Å². The topological polar surface area (TPSA) is 72.0 Å². The average molecular weight is 304 g/mol. The molecule has 0 aliphatic carbocycles. The Morgan fingerprint density at radius 2 is 2.22 bits per heavy atom. The number of pyridine rings is 1. The summed E-state index contributed by atoms with van der Waals surface area (Å²) in [6.07, 6.45) is 1.24.